The zero-order chi connectivity index (χ0) is 11.4. The van der Waals surface area contributed by atoms with E-state index in [9.17, 15) is 4.79 Å². The molecular weight excluding hydrogens is 284 g/mol. The van der Waals surface area contributed by atoms with Crippen molar-refractivity contribution in [2.45, 2.75) is 17.0 Å². The van der Waals surface area contributed by atoms with Gasteiger partial charge >= 0.3 is 0 Å². The molecule has 0 amide bonds. The van der Waals surface area contributed by atoms with Crippen LogP contribution in [0.25, 0.3) is 0 Å². The number of rotatable bonds is 1. The molecule has 4 unspecified atom stereocenters. The van der Waals surface area contributed by atoms with Crippen molar-refractivity contribution < 1.29 is 14.3 Å². The highest BCUT2D eigenvalue weighted by molar-refractivity contribution is 9.10. The van der Waals surface area contributed by atoms with E-state index in [0.717, 1.165) is 13.2 Å². The first-order valence-corrected chi connectivity index (χ1v) is 7.40. The third-order valence-electron chi connectivity index (χ3n) is 7.25. The minimum atomic E-state index is -0.358. The van der Waals surface area contributed by atoms with Crippen molar-refractivity contribution in [1.82, 2.24) is 0 Å². The van der Waals surface area contributed by atoms with Gasteiger partial charge < -0.3 is 9.47 Å². The molecule has 1 heterocycles. The molecule has 6 saturated carbocycles. The number of ether oxygens (including phenoxy) is 2. The Bertz CT molecular complexity index is 489. The van der Waals surface area contributed by atoms with Gasteiger partial charge in [0, 0.05) is 11.3 Å². The van der Waals surface area contributed by atoms with E-state index in [4.69, 9.17) is 9.47 Å². The Balaban J connectivity index is 1.59. The molecule has 7 rings (SSSR count). The molecular formula is C13H13BrO3. The Morgan fingerprint density at radius 1 is 1.06 bits per heavy atom. The summed E-state index contributed by atoms with van der Waals surface area (Å²) in [6, 6.07) is 0. The van der Waals surface area contributed by atoms with Gasteiger partial charge in [-0.25, -0.2) is 0 Å². The molecule has 3 nitrogen and oxygen atoms in total. The minimum Gasteiger partial charge on any atom is -0.346 e. The quantitative estimate of drug-likeness (QED) is 0.682. The number of alkyl halides is 1. The predicted octanol–water partition coefficient (Wildman–Crippen LogP) is 1.20. The van der Waals surface area contributed by atoms with Crippen LogP contribution in [0, 0.1) is 40.9 Å². The Labute approximate surface area is 107 Å². The van der Waals surface area contributed by atoms with Crippen LogP contribution in [-0.2, 0) is 14.3 Å². The van der Waals surface area contributed by atoms with Crippen LogP contribution in [0.4, 0.5) is 0 Å². The fraction of sp³-hybridized carbons (Fsp3) is 0.923. The number of ketones is 1. The maximum Gasteiger partial charge on any atom is 0.187 e. The molecule has 6 aliphatic carbocycles. The van der Waals surface area contributed by atoms with Gasteiger partial charge in [0.05, 0.1) is 17.5 Å². The van der Waals surface area contributed by atoms with Gasteiger partial charge in [-0.2, -0.15) is 0 Å². The summed E-state index contributed by atoms with van der Waals surface area (Å²) in [7, 11) is 0. The van der Waals surface area contributed by atoms with Gasteiger partial charge in [0.15, 0.2) is 5.79 Å². The molecule has 1 spiro atoms. The Morgan fingerprint density at radius 2 is 1.59 bits per heavy atom. The minimum absolute atomic E-state index is 0.0678. The summed E-state index contributed by atoms with van der Waals surface area (Å²) in [6.45, 7) is 3.24. The summed E-state index contributed by atoms with van der Waals surface area (Å²) < 4.78 is 12.2. The Kier molecular flexibility index (Phi) is 1.05. The van der Waals surface area contributed by atoms with Crippen LogP contribution in [0.5, 0.6) is 0 Å². The molecule has 4 heteroatoms. The van der Waals surface area contributed by atoms with E-state index < -0.39 is 0 Å². The molecule has 7 fully saturated rings. The van der Waals surface area contributed by atoms with Gasteiger partial charge in [-0.15, -0.1) is 0 Å². The summed E-state index contributed by atoms with van der Waals surface area (Å²) in [6.07, 6.45) is 0. The van der Waals surface area contributed by atoms with Crippen molar-refractivity contribution in [1.29, 1.82) is 0 Å². The van der Waals surface area contributed by atoms with Gasteiger partial charge in [0.25, 0.3) is 0 Å². The van der Waals surface area contributed by atoms with Crippen molar-refractivity contribution in [3.8, 4) is 0 Å². The van der Waals surface area contributed by atoms with Crippen LogP contribution >= 0.6 is 15.9 Å². The maximum absolute atomic E-state index is 12.0. The van der Waals surface area contributed by atoms with Crippen LogP contribution in [0.2, 0.25) is 0 Å². The molecule has 7 aliphatic rings. The molecule has 90 valence electrons. The number of halogens is 1. The largest absolute Gasteiger partial charge is 0.346 e. The van der Waals surface area contributed by atoms with Crippen molar-refractivity contribution in [3.63, 3.8) is 0 Å². The SMILES string of the molecule is CC(=O)C12C3[C@@H]4[C@H]1C1[C@H]2[C@@H]3C4(Br)C12OCCO2. The second kappa shape index (κ2) is 1.97. The number of carbonyl (C=O) groups excluding carboxylic acids is 1. The number of carbonyl (C=O) groups is 1. The molecule has 0 aromatic heterocycles. The first-order valence-electron chi connectivity index (χ1n) is 6.61. The van der Waals surface area contributed by atoms with E-state index in [1.165, 1.54) is 0 Å². The fourth-order valence-electron chi connectivity index (χ4n) is 7.32. The van der Waals surface area contributed by atoms with Crippen LogP contribution in [0.15, 0.2) is 0 Å². The van der Waals surface area contributed by atoms with Crippen LogP contribution in [0.3, 0.4) is 0 Å². The zero-order valence-corrected chi connectivity index (χ0v) is 11.1. The highest BCUT2D eigenvalue weighted by atomic mass is 79.9. The van der Waals surface area contributed by atoms with Gasteiger partial charge in [0.2, 0.25) is 0 Å². The Hall–Kier alpha value is 0.0700. The molecule has 2 bridgehead atoms. The third kappa shape index (κ3) is 0.450. The lowest BCUT2D eigenvalue weighted by atomic mass is 9.12. The second-order valence-electron chi connectivity index (χ2n) is 6.78. The first-order chi connectivity index (χ1) is 8.13. The molecule has 1 saturated heterocycles. The highest BCUT2D eigenvalue weighted by Gasteiger charge is 3.09. The highest BCUT2D eigenvalue weighted by Crippen LogP contribution is 3.04. The van der Waals surface area contributed by atoms with Crippen molar-refractivity contribution >= 4 is 21.7 Å². The first kappa shape index (κ1) is 9.05. The average Bonchev–Trinajstić information content (AvgIpc) is 2.78. The standard InChI is InChI=1S/C13H13BrO3/c1-4(15)11-5-8-6(11)10-7(11)9(5)12(8,14)13(10)16-2-3-17-13/h5-10H,2-3H2,1H3/t5?,6-,7+,8-,9-,10?,11?,12?/m1/s1. The smallest absolute Gasteiger partial charge is 0.187 e. The molecule has 0 N–H and O–H groups in total. The molecule has 8 atom stereocenters. The molecule has 0 aromatic rings. The molecule has 0 aromatic carbocycles. The average molecular weight is 297 g/mol. The maximum atomic E-state index is 12.0. The van der Waals surface area contributed by atoms with Gasteiger partial charge in [-0.3, -0.25) is 4.79 Å². The molecule has 1 aliphatic heterocycles. The van der Waals surface area contributed by atoms with Gasteiger partial charge in [0.1, 0.15) is 5.78 Å². The lowest BCUT2D eigenvalue weighted by molar-refractivity contribution is -0.414. The monoisotopic (exact) mass is 296 g/mol. The lowest BCUT2D eigenvalue weighted by Crippen LogP contribution is -2.93. The van der Waals surface area contributed by atoms with Crippen molar-refractivity contribution in [2.75, 3.05) is 13.2 Å². The predicted molar refractivity (Wildman–Crippen MR) is 60.3 cm³/mol. The van der Waals surface area contributed by atoms with Crippen LogP contribution < -0.4 is 0 Å². The van der Waals surface area contributed by atoms with Crippen molar-refractivity contribution in [2.24, 2.45) is 40.9 Å². The van der Waals surface area contributed by atoms with E-state index in [2.05, 4.69) is 15.9 Å². The lowest BCUT2D eigenvalue weighted by Gasteiger charge is -2.90. The van der Waals surface area contributed by atoms with E-state index in [-0.39, 0.29) is 15.5 Å². The molecule has 0 radical (unpaired) electrons. The normalized spacial score (nSPS) is 73.5. The summed E-state index contributed by atoms with van der Waals surface area (Å²) in [5, 5.41) is 0. The summed E-state index contributed by atoms with van der Waals surface area (Å²) in [5.41, 5.74) is 0.0794. The van der Waals surface area contributed by atoms with Crippen LogP contribution in [0.1, 0.15) is 6.92 Å². The third-order valence-corrected chi connectivity index (χ3v) is 8.86. The summed E-state index contributed by atoms with van der Waals surface area (Å²) >= 11 is 3.99. The van der Waals surface area contributed by atoms with Gasteiger partial charge in [-0.1, -0.05) is 15.9 Å². The summed E-state index contributed by atoms with van der Waals surface area (Å²) in [4.78, 5) is 12.0. The van der Waals surface area contributed by atoms with E-state index in [1.807, 2.05) is 0 Å². The van der Waals surface area contributed by atoms with Crippen molar-refractivity contribution in [3.05, 3.63) is 0 Å². The number of hydrogen-bond donors (Lipinski definition) is 0. The van der Waals surface area contributed by atoms with Crippen LogP contribution in [-0.4, -0.2) is 29.1 Å². The number of Topliss-reactive ketones (excluding diaryl/α,β-unsaturated/α-hetero) is 1. The topological polar surface area (TPSA) is 35.5 Å². The van der Waals surface area contributed by atoms with E-state index >= 15 is 0 Å². The second-order valence-corrected chi connectivity index (χ2v) is 8.09. The van der Waals surface area contributed by atoms with E-state index in [1.54, 1.807) is 6.92 Å². The van der Waals surface area contributed by atoms with E-state index in [0.29, 0.717) is 41.3 Å². The zero-order valence-electron chi connectivity index (χ0n) is 9.48. The van der Waals surface area contributed by atoms with Gasteiger partial charge in [-0.05, 0) is 36.5 Å². The fourth-order valence-corrected chi connectivity index (χ4v) is 8.95. The molecule has 17 heavy (non-hydrogen) atoms. The Morgan fingerprint density at radius 3 is 2.12 bits per heavy atom. The number of hydrogen-bond acceptors (Lipinski definition) is 3. The summed E-state index contributed by atoms with van der Waals surface area (Å²) in [5.74, 6) is 3.70.